The van der Waals surface area contributed by atoms with E-state index in [9.17, 15) is 14.4 Å². The molecule has 0 radical (unpaired) electrons. The highest BCUT2D eigenvalue weighted by Crippen LogP contribution is 2.16. The molecule has 1 atom stereocenters. The van der Waals surface area contributed by atoms with Crippen LogP contribution in [0.25, 0.3) is 0 Å². The summed E-state index contributed by atoms with van der Waals surface area (Å²) in [7, 11) is 0. The molecular formula is C69H118O6. The van der Waals surface area contributed by atoms with E-state index in [1.807, 2.05) is 0 Å². The zero-order valence-electron chi connectivity index (χ0n) is 49.3. The molecule has 0 aromatic carbocycles. The summed E-state index contributed by atoms with van der Waals surface area (Å²) in [4.78, 5) is 38.2. The standard InChI is InChI=1S/C69H118O6/c1-4-7-10-13-16-19-22-25-28-29-30-31-32-33-34-35-36-37-38-39-40-41-42-45-47-50-53-56-59-62-68(71)74-65-66(75-69(72)63-60-57-54-51-48-44-27-24-21-18-15-12-9-6-3)64-73-67(70)61-58-55-52-49-46-43-26-23-20-17-14-11-8-5-2/h7,10,15-16,18-19,23-28,30-31,33-34,66H,4-6,8-9,11-14,17,20-22,29,32,35-65H2,1-3H3/b10-7-,18-15-,19-16-,26-23-,27-24-,28-25-,31-30-,34-33-. The maximum absolute atomic E-state index is 12.9. The Morgan fingerprint density at radius 2 is 0.533 bits per heavy atom. The highest BCUT2D eigenvalue weighted by molar-refractivity contribution is 5.71. The van der Waals surface area contributed by atoms with Gasteiger partial charge in [0.1, 0.15) is 13.2 Å². The van der Waals surface area contributed by atoms with Crippen molar-refractivity contribution in [3.05, 3.63) is 97.2 Å². The number of carbonyl (C=O) groups excluding carboxylic acids is 3. The van der Waals surface area contributed by atoms with Gasteiger partial charge in [0, 0.05) is 19.3 Å². The van der Waals surface area contributed by atoms with Crippen LogP contribution in [0.2, 0.25) is 0 Å². The normalized spacial score (nSPS) is 12.7. The van der Waals surface area contributed by atoms with Crippen LogP contribution < -0.4 is 0 Å². The van der Waals surface area contributed by atoms with Crippen LogP contribution in [-0.2, 0) is 28.6 Å². The number of carbonyl (C=O) groups is 3. The van der Waals surface area contributed by atoms with Gasteiger partial charge in [-0.05, 0) is 116 Å². The molecule has 0 amide bonds. The van der Waals surface area contributed by atoms with Gasteiger partial charge < -0.3 is 14.2 Å². The van der Waals surface area contributed by atoms with Crippen LogP contribution in [0, 0.1) is 0 Å². The van der Waals surface area contributed by atoms with E-state index < -0.39 is 6.10 Å². The lowest BCUT2D eigenvalue weighted by molar-refractivity contribution is -0.167. The molecule has 0 N–H and O–H groups in total. The minimum atomic E-state index is -0.789. The van der Waals surface area contributed by atoms with Gasteiger partial charge in [0.25, 0.3) is 0 Å². The minimum absolute atomic E-state index is 0.0850. The molecule has 0 aromatic heterocycles. The van der Waals surface area contributed by atoms with Gasteiger partial charge in [-0.25, -0.2) is 0 Å². The van der Waals surface area contributed by atoms with Crippen molar-refractivity contribution in [3.63, 3.8) is 0 Å². The predicted molar refractivity (Wildman–Crippen MR) is 325 cm³/mol. The Kier molecular flexibility index (Phi) is 59.8. The fraction of sp³-hybridized carbons (Fsp3) is 0.725. The Balaban J connectivity index is 4.25. The van der Waals surface area contributed by atoms with Crippen molar-refractivity contribution in [1.82, 2.24) is 0 Å². The number of rotatable bonds is 57. The first kappa shape index (κ1) is 71.3. The van der Waals surface area contributed by atoms with Crippen molar-refractivity contribution < 1.29 is 28.6 Å². The van der Waals surface area contributed by atoms with E-state index in [0.29, 0.717) is 19.3 Å². The van der Waals surface area contributed by atoms with Crippen LogP contribution >= 0.6 is 0 Å². The van der Waals surface area contributed by atoms with Crippen LogP contribution in [0.4, 0.5) is 0 Å². The zero-order valence-corrected chi connectivity index (χ0v) is 49.3. The first-order valence-corrected chi connectivity index (χ1v) is 31.7. The zero-order chi connectivity index (χ0) is 54.3. The monoisotopic (exact) mass is 1040 g/mol. The third-order valence-electron chi connectivity index (χ3n) is 13.5. The number of esters is 3. The summed E-state index contributed by atoms with van der Waals surface area (Å²) in [5.41, 5.74) is 0. The molecule has 0 aliphatic heterocycles. The molecule has 0 aromatic rings. The lowest BCUT2D eigenvalue weighted by atomic mass is 10.0. The van der Waals surface area contributed by atoms with E-state index in [1.165, 1.54) is 141 Å². The second-order valence-electron chi connectivity index (χ2n) is 20.9. The van der Waals surface area contributed by atoms with E-state index in [-0.39, 0.29) is 31.1 Å². The Hall–Kier alpha value is -3.67. The Morgan fingerprint density at radius 1 is 0.280 bits per heavy atom. The van der Waals surface area contributed by atoms with Crippen molar-refractivity contribution in [2.45, 2.75) is 309 Å². The van der Waals surface area contributed by atoms with Crippen LogP contribution in [0.15, 0.2) is 97.2 Å². The third kappa shape index (κ3) is 61.1. The largest absolute Gasteiger partial charge is 0.462 e. The first-order valence-electron chi connectivity index (χ1n) is 31.7. The molecule has 0 aliphatic rings. The molecule has 0 saturated heterocycles. The van der Waals surface area contributed by atoms with Crippen LogP contribution in [-0.4, -0.2) is 37.2 Å². The Labute approximate surface area is 464 Å². The molecular weight excluding hydrogens is 925 g/mol. The highest BCUT2D eigenvalue weighted by atomic mass is 16.6. The lowest BCUT2D eigenvalue weighted by Crippen LogP contribution is -2.30. The summed E-state index contributed by atoms with van der Waals surface area (Å²) in [6, 6.07) is 0. The van der Waals surface area contributed by atoms with Gasteiger partial charge in [-0.15, -0.1) is 0 Å². The van der Waals surface area contributed by atoms with E-state index >= 15 is 0 Å². The van der Waals surface area contributed by atoms with Crippen LogP contribution in [0.3, 0.4) is 0 Å². The smallest absolute Gasteiger partial charge is 0.306 e. The summed E-state index contributed by atoms with van der Waals surface area (Å²) in [5, 5.41) is 0. The molecule has 0 spiro atoms. The minimum Gasteiger partial charge on any atom is -0.462 e. The summed E-state index contributed by atoms with van der Waals surface area (Å²) in [6.45, 7) is 6.48. The number of ether oxygens (including phenoxy) is 3. The number of allylic oxidation sites excluding steroid dienone is 16. The molecule has 430 valence electrons. The van der Waals surface area contributed by atoms with Crippen LogP contribution in [0.5, 0.6) is 0 Å². The van der Waals surface area contributed by atoms with Gasteiger partial charge in [0.2, 0.25) is 0 Å². The molecule has 0 saturated carbocycles. The highest BCUT2D eigenvalue weighted by Gasteiger charge is 2.19. The van der Waals surface area contributed by atoms with E-state index in [2.05, 4.69) is 118 Å². The van der Waals surface area contributed by atoms with Gasteiger partial charge >= 0.3 is 17.9 Å². The first-order chi connectivity index (χ1) is 37.0. The average molecular weight is 1040 g/mol. The SMILES string of the molecule is CC/C=C\C/C=C\C/C=C\C/C=C\C/C=C\CCCCCCCCCCCCCCCC(=O)OCC(COC(=O)CCCCCCC/C=C\CCCCCCC)OC(=O)CCCCCCC/C=C\C/C=C\CCCC. The number of hydrogen-bond acceptors (Lipinski definition) is 6. The second kappa shape index (κ2) is 62.9. The molecule has 0 bridgehead atoms. The molecule has 0 heterocycles. The van der Waals surface area contributed by atoms with Crippen molar-refractivity contribution in [1.29, 1.82) is 0 Å². The van der Waals surface area contributed by atoms with Crippen molar-refractivity contribution >= 4 is 17.9 Å². The van der Waals surface area contributed by atoms with Gasteiger partial charge in [0.05, 0.1) is 0 Å². The Bertz CT molecular complexity index is 1480. The quantitative estimate of drug-likeness (QED) is 0.0261. The second-order valence-corrected chi connectivity index (χ2v) is 20.9. The summed E-state index contributed by atoms with van der Waals surface area (Å²) >= 11 is 0. The van der Waals surface area contributed by atoms with Crippen molar-refractivity contribution in [3.8, 4) is 0 Å². The molecule has 0 rings (SSSR count). The van der Waals surface area contributed by atoms with Crippen LogP contribution in [0.1, 0.15) is 303 Å². The molecule has 0 aliphatic carbocycles. The summed E-state index contributed by atoms with van der Waals surface area (Å²) in [6.07, 6.45) is 84.1. The fourth-order valence-corrected chi connectivity index (χ4v) is 8.78. The molecule has 0 fully saturated rings. The summed E-state index contributed by atoms with van der Waals surface area (Å²) in [5.74, 6) is -0.901. The Morgan fingerprint density at radius 3 is 0.867 bits per heavy atom. The topological polar surface area (TPSA) is 78.9 Å². The van der Waals surface area contributed by atoms with E-state index in [0.717, 1.165) is 122 Å². The van der Waals surface area contributed by atoms with Crippen molar-refractivity contribution in [2.75, 3.05) is 13.2 Å². The molecule has 75 heavy (non-hydrogen) atoms. The number of unbranched alkanes of at least 4 members (excludes halogenated alkanes) is 30. The van der Waals surface area contributed by atoms with Crippen molar-refractivity contribution in [2.24, 2.45) is 0 Å². The third-order valence-corrected chi connectivity index (χ3v) is 13.5. The lowest BCUT2D eigenvalue weighted by Gasteiger charge is -2.18. The molecule has 6 nitrogen and oxygen atoms in total. The summed E-state index contributed by atoms with van der Waals surface area (Å²) < 4.78 is 16.9. The fourth-order valence-electron chi connectivity index (χ4n) is 8.78. The predicted octanol–water partition coefficient (Wildman–Crippen LogP) is 21.7. The van der Waals surface area contributed by atoms with E-state index in [1.54, 1.807) is 0 Å². The molecule has 1 unspecified atom stereocenters. The number of hydrogen-bond donors (Lipinski definition) is 0. The average Bonchev–Trinajstić information content (AvgIpc) is 3.41. The van der Waals surface area contributed by atoms with Gasteiger partial charge in [-0.3, -0.25) is 14.4 Å². The van der Waals surface area contributed by atoms with Gasteiger partial charge in [-0.2, -0.15) is 0 Å². The maximum atomic E-state index is 12.9. The van der Waals surface area contributed by atoms with E-state index in [4.69, 9.17) is 14.2 Å². The maximum Gasteiger partial charge on any atom is 0.306 e. The van der Waals surface area contributed by atoms with Gasteiger partial charge in [-0.1, -0.05) is 266 Å². The van der Waals surface area contributed by atoms with Gasteiger partial charge in [0.15, 0.2) is 6.10 Å². The molecule has 6 heteroatoms.